The molecule has 0 unspecified atom stereocenters. The monoisotopic (exact) mass is 326 g/mol. The van der Waals surface area contributed by atoms with Crippen LogP contribution in [0.4, 0.5) is 0 Å². The van der Waals surface area contributed by atoms with E-state index in [1.165, 1.54) is 0 Å². The van der Waals surface area contributed by atoms with Crippen LogP contribution in [-0.4, -0.2) is 58.6 Å². The number of hydrogen-bond donors (Lipinski definition) is 2. The maximum atomic E-state index is 12.0. The van der Waals surface area contributed by atoms with E-state index in [1.54, 1.807) is 0 Å². The van der Waals surface area contributed by atoms with Crippen LogP contribution in [0.5, 0.6) is 0 Å². The Labute approximate surface area is 141 Å². The molecule has 126 valence electrons. The van der Waals surface area contributed by atoms with Crippen LogP contribution in [0.1, 0.15) is 23.6 Å². The lowest BCUT2D eigenvalue weighted by Gasteiger charge is -2.37. The number of aromatic nitrogens is 1. The third-order valence-electron chi connectivity index (χ3n) is 4.71. The van der Waals surface area contributed by atoms with Crippen LogP contribution in [0.3, 0.4) is 0 Å². The van der Waals surface area contributed by atoms with Gasteiger partial charge in [0.25, 0.3) is 0 Å². The fraction of sp³-hybridized carbons (Fsp3) is 0.444. The summed E-state index contributed by atoms with van der Waals surface area (Å²) in [4.78, 5) is 19.4. The normalized spacial score (nSPS) is 17.7. The summed E-state index contributed by atoms with van der Waals surface area (Å²) >= 11 is 0. The van der Waals surface area contributed by atoms with Gasteiger partial charge in [-0.25, -0.2) is 0 Å². The molecule has 1 aliphatic rings. The van der Waals surface area contributed by atoms with Gasteiger partial charge >= 0.3 is 5.97 Å². The Morgan fingerprint density at radius 2 is 2.12 bits per heavy atom. The van der Waals surface area contributed by atoms with E-state index in [0.29, 0.717) is 19.5 Å². The average molecular weight is 326 g/mol. The van der Waals surface area contributed by atoms with Crippen molar-refractivity contribution in [2.45, 2.75) is 19.4 Å². The molecule has 1 aliphatic heterocycles. The van der Waals surface area contributed by atoms with Crippen molar-refractivity contribution in [1.29, 1.82) is 5.26 Å². The zero-order chi connectivity index (χ0) is 17.1. The summed E-state index contributed by atoms with van der Waals surface area (Å²) in [5.41, 5.74) is 2.91. The maximum absolute atomic E-state index is 12.0. The number of hydrogen-bond acceptors (Lipinski definition) is 4. The van der Waals surface area contributed by atoms with Crippen molar-refractivity contribution in [3.63, 3.8) is 0 Å². The molecular weight excluding hydrogens is 304 g/mol. The molecule has 0 saturated carbocycles. The fourth-order valence-electron chi connectivity index (χ4n) is 3.42. The highest BCUT2D eigenvalue weighted by Gasteiger charge is 2.31. The number of aliphatic carboxylic acids is 1. The van der Waals surface area contributed by atoms with Crippen LogP contribution in [0, 0.1) is 18.3 Å². The summed E-state index contributed by atoms with van der Waals surface area (Å²) < 4.78 is 0. The van der Waals surface area contributed by atoms with Crippen LogP contribution in [0.25, 0.3) is 10.9 Å². The molecule has 2 aromatic rings. The van der Waals surface area contributed by atoms with Crippen molar-refractivity contribution in [3.8, 4) is 6.07 Å². The minimum Gasteiger partial charge on any atom is -0.480 e. The molecular formula is C18H22N4O2. The Kier molecular flexibility index (Phi) is 4.84. The molecule has 6 heteroatoms. The number of rotatable bonds is 5. The van der Waals surface area contributed by atoms with E-state index in [1.807, 2.05) is 36.2 Å². The number of piperazine rings is 1. The highest BCUT2D eigenvalue weighted by Crippen LogP contribution is 2.30. The summed E-state index contributed by atoms with van der Waals surface area (Å²) in [7, 11) is 0. The summed E-state index contributed by atoms with van der Waals surface area (Å²) in [6.07, 6.45) is 2.34. The third kappa shape index (κ3) is 3.28. The molecule has 0 radical (unpaired) electrons. The second kappa shape index (κ2) is 7.04. The lowest BCUT2D eigenvalue weighted by atomic mass is 10.0. The number of carboxylic acid groups (broad SMARTS) is 1. The predicted molar refractivity (Wildman–Crippen MR) is 91.7 cm³/mol. The molecule has 0 spiro atoms. The minimum atomic E-state index is -0.817. The van der Waals surface area contributed by atoms with Crippen molar-refractivity contribution < 1.29 is 9.90 Å². The number of carboxylic acids is 1. The highest BCUT2D eigenvalue weighted by molar-refractivity contribution is 5.89. The fourth-order valence-corrected chi connectivity index (χ4v) is 3.42. The smallest absolute Gasteiger partial charge is 0.325 e. The Morgan fingerprint density at radius 1 is 1.38 bits per heavy atom. The maximum Gasteiger partial charge on any atom is 0.325 e. The van der Waals surface area contributed by atoms with Gasteiger partial charge in [-0.1, -0.05) is 11.6 Å². The number of nitrogens with zero attached hydrogens (tertiary/aromatic N) is 3. The largest absolute Gasteiger partial charge is 0.480 e. The summed E-state index contributed by atoms with van der Waals surface area (Å²) in [5.74, 6) is -0.817. The van der Waals surface area contributed by atoms with Gasteiger partial charge in [0.15, 0.2) is 0 Å². The quantitative estimate of drug-likeness (QED) is 0.879. The number of benzene rings is 1. The van der Waals surface area contributed by atoms with Crippen LogP contribution < -0.4 is 0 Å². The van der Waals surface area contributed by atoms with Crippen LogP contribution in [0.15, 0.2) is 24.4 Å². The molecule has 24 heavy (non-hydrogen) atoms. The minimum absolute atomic E-state index is 0.518. The number of aromatic amines is 1. The predicted octanol–water partition coefficient (Wildman–Crippen LogP) is 2.13. The second-order valence-corrected chi connectivity index (χ2v) is 6.32. The molecule has 3 rings (SSSR count). The number of nitrogens with one attached hydrogen (secondary N) is 1. The van der Waals surface area contributed by atoms with Gasteiger partial charge in [-0.05, 0) is 19.1 Å². The van der Waals surface area contributed by atoms with Gasteiger partial charge in [-0.3, -0.25) is 14.6 Å². The lowest BCUT2D eigenvalue weighted by Crippen LogP contribution is -2.49. The zero-order valence-electron chi connectivity index (χ0n) is 13.8. The molecule has 1 aromatic heterocycles. The third-order valence-corrected chi connectivity index (χ3v) is 4.71. The SMILES string of the molecule is Cc1ccc2[nH]cc([C@H](C(=O)O)N3CCN(CCC#N)CC3)c2c1. The molecule has 1 atom stereocenters. The van der Waals surface area contributed by atoms with E-state index in [4.69, 9.17) is 5.26 Å². The van der Waals surface area contributed by atoms with E-state index < -0.39 is 12.0 Å². The molecule has 0 aliphatic carbocycles. The molecule has 0 amide bonds. The number of carbonyl (C=O) groups is 1. The number of nitriles is 1. The zero-order valence-corrected chi connectivity index (χ0v) is 13.8. The Morgan fingerprint density at radius 3 is 2.79 bits per heavy atom. The first-order chi connectivity index (χ1) is 11.6. The van der Waals surface area contributed by atoms with E-state index in [9.17, 15) is 9.90 Å². The molecule has 2 heterocycles. The van der Waals surface area contributed by atoms with E-state index in [0.717, 1.165) is 41.7 Å². The van der Waals surface area contributed by atoms with Crippen LogP contribution >= 0.6 is 0 Å². The molecule has 1 aromatic carbocycles. The highest BCUT2D eigenvalue weighted by atomic mass is 16.4. The topological polar surface area (TPSA) is 83.4 Å². The summed E-state index contributed by atoms with van der Waals surface area (Å²) in [6.45, 7) is 5.76. The van der Waals surface area contributed by atoms with Gasteiger partial charge in [0.2, 0.25) is 0 Å². The second-order valence-electron chi connectivity index (χ2n) is 6.32. The van der Waals surface area contributed by atoms with Crippen molar-refractivity contribution in [1.82, 2.24) is 14.8 Å². The van der Waals surface area contributed by atoms with Gasteiger partial charge in [0.1, 0.15) is 6.04 Å². The number of fused-ring (bicyclic) bond motifs is 1. The van der Waals surface area contributed by atoms with Crippen LogP contribution in [0.2, 0.25) is 0 Å². The van der Waals surface area contributed by atoms with Gasteiger partial charge in [-0.2, -0.15) is 5.26 Å². The molecule has 0 bridgehead atoms. The molecule has 2 N–H and O–H groups in total. The van der Waals surface area contributed by atoms with Crippen molar-refractivity contribution >= 4 is 16.9 Å². The van der Waals surface area contributed by atoms with Gasteiger partial charge < -0.3 is 10.1 Å². The summed E-state index contributed by atoms with van der Waals surface area (Å²) in [5, 5.41) is 19.5. The molecule has 1 fully saturated rings. The van der Waals surface area contributed by atoms with E-state index in [-0.39, 0.29) is 0 Å². The Hall–Kier alpha value is -2.36. The molecule has 6 nitrogen and oxygen atoms in total. The number of H-pyrrole nitrogens is 1. The van der Waals surface area contributed by atoms with Gasteiger partial charge in [0.05, 0.1) is 6.07 Å². The Balaban J connectivity index is 1.82. The first kappa shape index (κ1) is 16.5. The van der Waals surface area contributed by atoms with Gasteiger partial charge in [0, 0.05) is 61.8 Å². The van der Waals surface area contributed by atoms with Crippen molar-refractivity contribution in [3.05, 3.63) is 35.5 Å². The standard InChI is InChI=1S/C18H22N4O2/c1-13-3-4-16-14(11-13)15(12-20-16)17(18(23)24)22-9-7-21(8-10-22)6-2-5-19/h3-4,11-12,17,20H,2,6-10H2,1H3,(H,23,24)/t17-/m1/s1. The first-order valence-corrected chi connectivity index (χ1v) is 8.24. The van der Waals surface area contributed by atoms with Crippen LogP contribution in [-0.2, 0) is 4.79 Å². The first-order valence-electron chi connectivity index (χ1n) is 8.24. The average Bonchev–Trinajstić information content (AvgIpc) is 2.97. The lowest BCUT2D eigenvalue weighted by molar-refractivity contribution is -0.144. The Bertz CT molecular complexity index is 769. The number of aryl methyl sites for hydroxylation is 1. The van der Waals surface area contributed by atoms with E-state index in [2.05, 4.69) is 16.0 Å². The van der Waals surface area contributed by atoms with E-state index >= 15 is 0 Å². The summed E-state index contributed by atoms with van der Waals surface area (Å²) in [6, 6.07) is 7.58. The van der Waals surface area contributed by atoms with Crippen molar-refractivity contribution in [2.24, 2.45) is 0 Å². The molecule has 1 saturated heterocycles. The van der Waals surface area contributed by atoms with Gasteiger partial charge in [-0.15, -0.1) is 0 Å². The van der Waals surface area contributed by atoms with Crippen molar-refractivity contribution in [2.75, 3.05) is 32.7 Å².